The monoisotopic (exact) mass is 1150 g/mol. The van der Waals surface area contributed by atoms with E-state index in [9.17, 15) is 19.8 Å². The van der Waals surface area contributed by atoms with Gasteiger partial charge in [0, 0.05) is 12.8 Å². The van der Waals surface area contributed by atoms with Crippen LogP contribution < -0.4 is 5.32 Å². The second-order valence-electron chi connectivity index (χ2n) is 25.6. The van der Waals surface area contributed by atoms with Gasteiger partial charge in [-0.2, -0.15) is 0 Å². The summed E-state index contributed by atoms with van der Waals surface area (Å²) < 4.78 is 5.50. The van der Waals surface area contributed by atoms with Gasteiger partial charge in [-0.25, -0.2) is 0 Å². The molecule has 484 valence electrons. The molecule has 6 nitrogen and oxygen atoms in total. The van der Waals surface area contributed by atoms with Gasteiger partial charge in [-0.05, 0) is 64.2 Å². The first kappa shape index (κ1) is 80.1. The average molecular weight is 1150 g/mol. The van der Waals surface area contributed by atoms with Crippen LogP contribution in [-0.2, 0) is 14.3 Å². The number of ether oxygens (including phenoxy) is 1. The van der Waals surface area contributed by atoms with Crippen LogP contribution in [0.25, 0.3) is 0 Å². The lowest BCUT2D eigenvalue weighted by Gasteiger charge is -2.20. The molecule has 2 atom stereocenters. The Morgan fingerprint density at radius 2 is 0.610 bits per heavy atom. The fourth-order valence-corrected chi connectivity index (χ4v) is 11.7. The Morgan fingerprint density at radius 3 is 0.939 bits per heavy atom. The van der Waals surface area contributed by atoms with Gasteiger partial charge >= 0.3 is 5.97 Å². The molecule has 0 saturated heterocycles. The van der Waals surface area contributed by atoms with Crippen molar-refractivity contribution in [1.29, 1.82) is 0 Å². The van der Waals surface area contributed by atoms with E-state index < -0.39 is 12.1 Å². The number of carbonyl (C=O) groups is 2. The number of esters is 1. The van der Waals surface area contributed by atoms with E-state index in [2.05, 4.69) is 43.5 Å². The Kier molecular flexibility index (Phi) is 69.9. The molecule has 0 bridgehead atoms. The van der Waals surface area contributed by atoms with Gasteiger partial charge in [-0.15, -0.1) is 0 Å². The largest absolute Gasteiger partial charge is 0.466 e. The molecule has 0 aliphatic carbocycles. The van der Waals surface area contributed by atoms with Crippen molar-refractivity contribution >= 4 is 11.9 Å². The standard InChI is InChI=1S/C76H145NO5/c1-3-5-7-9-11-13-15-17-19-21-23-24-30-33-36-40-44-48-52-56-60-64-68-74(79)73(72-78)77-75(80)69-65-61-57-53-49-45-41-37-34-31-28-26-25-27-29-32-35-39-43-47-51-55-59-63-67-71-82-76(81)70-66-62-58-54-50-46-42-38-22-20-18-16-14-12-10-8-6-4-2/h14,16,20,22,64,68,73-74,78-79H,3-13,15,17-19,21,23-63,65-67,69-72H2,1-2H3,(H,77,80)/b16-14-,22-20-,68-64+. The molecule has 0 aliphatic heterocycles. The summed E-state index contributed by atoms with van der Waals surface area (Å²) >= 11 is 0. The van der Waals surface area contributed by atoms with E-state index in [-0.39, 0.29) is 18.5 Å². The Labute approximate surface area is 513 Å². The first-order valence-corrected chi connectivity index (χ1v) is 37.3. The van der Waals surface area contributed by atoms with Gasteiger partial charge in [0.05, 0.1) is 25.4 Å². The van der Waals surface area contributed by atoms with E-state index in [0.29, 0.717) is 19.4 Å². The van der Waals surface area contributed by atoms with Crippen LogP contribution in [0.2, 0.25) is 0 Å². The Hall–Kier alpha value is -1.92. The average Bonchev–Trinajstić information content (AvgIpc) is 3.48. The van der Waals surface area contributed by atoms with E-state index in [4.69, 9.17) is 4.74 Å². The molecule has 0 fully saturated rings. The minimum atomic E-state index is -0.845. The molecular weight excluding hydrogens is 1010 g/mol. The van der Waals surface area contributed by atoms with E-state index in [0.717, 1.165) is 51.4 Å². The number of allylic oxidation sites excluding steroid dienone is 5. The van der Waals surface area contributed by atoms with Crippen LogP contribution in [0.15, 0.2) is 36.5 Å². The minimum absolute atomic E-state index is 0.00935. The zero-order chi connectivity index (χ0) is 59.2. The Balaban J connectivity index is 3.38. The van der Waals surface area contributed by atoms with Crippen molar-refractivity contribution < 1.29 is 24.5 Å². The smallest absolute Gasteiger partial charge is 0.305 e. The van der Waals surface area contributed by atoms with Crippen molar-refractivity contribution in [3.05, 3.63) is 36.5 Å². The molecule has 1 amide bonds. The van der Waals surface area contributed by atoms with Gasteiger partial charge in [0.2, 0.25) is 5.91 Å². The number of unbranched alkanes of at least 4 members (excludes halogenated alkanes) is 55. The fourth-order valence-electron chi connectivity index (χ4n) is 11.7. The molecule has 0 radical (unpaired) electrons. The lowest BCUT2D eigenvalue weighted by Crippen LogP contribution is -2.45. The Bertz CT molecular complexity index is 1330. The van der Waals surface area contributed by atoms with Crippen molar-refractivity contribution in [2.45, 2.75) is 424 Å². The summed E-state index contributed by atoms with van der Waals surface area (Å²) in [6, 6.07) is -0.628. The molecule has 0 aromatic carbocycles. The third-order valence-electron chi connectivity index (χ3n) is 17.4. The van der Waals surface area contributed by atoms with Gasteiger partial charge in [0.25, 0.3) is 0 Å². The number of hydrogen-bond acceptors (Lipinski definition) is 5. The van der Waals surface area contributed by atoms with Gasteiger partial charge in [-0.1, -0.05) is 371 Å². The van der Waals surface area contributed by atoms with Gasteiger partial charge in [0.15, 0.2) is 0 Å². The van der Waals surface area contributed by atoms with Crippen LogP contribution in [0.5, 0.6) is 0 Å². The summed E-state index contributed by atoms with van der Waals surface area (Å²) in [5.41, 5.74) is 0. The Morgan fingerprint density at radius 1 is 0.341 bits per heavy atom. The summed E-state index contributed by atoms with van der Waals surface area (Å²) in [4.78, 5) is 24.6. The number of nitrogens with one attached hydrogen (secondary N) is 1. The van der Waals surface area contributed by atoms with E-state index in [1.807, 2.05) is 6.08 Å². The van der Waals surface area contributed by atoms with E-state index >= 15 is 0 Å². The highest BCUT2D eigenvalue weighted by Crippen LogP contribution is 2.19. The summed E-state index contributed by atoms with van der Waals surface area (Å²) in [5, 5.41) is 23.3. The van der Waals surface area contributed by atoms with Crippen LogP contribution in [0, 0.1) is 0 Å². The maximum Gasteiger partial charge on any atom is 0.305 e. The molecule has 2 unspecified atom stereocenters. The number of rotatable bonds is 70. The molecule has 82 heavy (non-hydrogen) atoms. The zero-order valence-corrected chi connectivity index (χ0v) is 55.5. The topological polar surface area (TPSA) is 95.9 Å². The highest BCUT2D eigenvalue weighted by atomic mass is 16.5. The molecule has 0 aromatic heterocycles. The third kappa shape index (κ3) is 67.2. The quantitative estimate of drug-likeness (QED) is 0.0320. The fraction of sp³-hybridized carbons (Fsp3) is 0.895. The lowest BCUT2D eigenvalue weighted by atomic mass is 10.0. The molecule has 0 saturated carbocycles. The predicted octanol–water partition coefficient (Wildman–Crippen LogP) is 24.3. The summed E-state index contributed by atoms with van der Waals surface area (Å²) in [7, 11) is 0. The number of carbonyl (C=O) groups excluding carboxylic acids is 2. The molecule has 0 spiro atoms. The van der Waals surface area contributed by atoms with Crippen LogP contribution in [0.1, 0.15) is 412 Å². The first-order chi connectivity index (χ1) is 40.5. The normalized spacial score (nSPS) is 12.7. The SMILES string of the molecule is CCCCCC/C=C\C/C=C\CCCCCCCCCC(=O)OCCCCCCCCCCCCCCCCCCCCCCCCCCCC(=O)NC(CO)C(O)/C=C/CCCCCCCCCCCCCCCCCCCCCC. The molecule has 0 heterocycles. The molecule has 6 heteroatoms. The van der Waals surface area contributed by atoms with Crippen molar-refractivity contribution in [2.24, 2.45) is 0 Å². The summed E-state index contributed by atoms with van der Waals surface area (Å²) in [6.45, 7) is 4.93. The van der Waals surface area contributed by atoms with Crippen LogP contribution in [-0.4, -0.2) is 47.4 Å². The lowest BCUT2D eigenvalue weighted by molar-refractivity contribution is -0.143. The van der Waals surface area contributed by atoms with Crippen molar-refractivity contribution in [2.75, 3.05) is 13.2 Å². The molecular formula is C76H145NO5. The van der Waals surface area contributed by atoms with Crippen molar-refractivity contribution in [3.63, 3.8) is 0 Å². The number of hydrogen-bond donors (Lipinski definition) is 3. The number of aliphatic hydroxyl groups is 2. The van der Waals surface area contributed by atoms with Gasteiger partial charge in [0.1, 0.15) is 0 Å². The van der Waals surface area contributed by atoms with Crippen molar-refractivity contribution in [1.82, 2.24) is 5.32 Å². The maximum absolute atomic E-state index is 12.5. The van der Waals surface area contributed by atoms with E-state index in [1.165, 1.54) is 334 Å². The highest BCUT2D eigenvalue weighted by Gasteiger charge is 2.18. The van der Waals surface area contributed by atoms with Crippen LogP contribution in [0.3, 0.4) is 0 Å². The molecule has 3 N–H and O–H groups in total. The third-order valence-corrected chi connectivity index (χ3v) is 17.4. The van der Waals surface area contributed by atoms with E-state index in [1.54, 1.807) is 6.08 Å². The zero-order valence-electron chi connectivity index (χ0n) is 55.5. The highest BCUT2D eigenvalue weighted by molar-refractivity contribution is 5.76. The summed E-state index contributed by atoms with van der Waals surface area (Å²) in [5.74, 6) is -0.0528. The maximum atomic E-state index is 12.5. The number of amides is 1. The number of aliphatic hydroxyl groups excluding tert-OH is 2. The predicted molar refractivity (Wildman–Crippen MR) is 361 cm³/mol. The first-order valence-electron chi connectivity index (χ1n) is 37.3. The van der Waals surface area contributed by atoms with Crippen molar-refractivity contribution in [3.8, 4) is 0 Å². The minimum Gasteiger partial charge on any atom is -0.466 e. The second kappa shape index (κ2) is 71.6. The van der Waals surface area contributed by atoms with Crippen LogP contribution in [0.4, 0.5) is 0 Å². The van der Waals surface area contributed by atoms with Gasteiger partial charge < -0.3 is 20.3 Å². The molecule has 0 rings (SSSR count). The molecule has 0 aromatic rings. The van der Waals surface area contributed by atoms with Gasteiger partial charge in [-0.3, -0.25) is 9.59 Å². The molecule has 0 aliphatic rings. The summed E-state index contributed by atoms with van der Waals surface area (Å²) in [6.07, 6.45) is 92.3. The van der Waals surface area contributed by atoms with Crippen LogP contribution >= 0.6 is 0 Å². The second-order valence-corrected chi connectivity index (χ2v) is 25.6.